The van der Waals surface area contributed by atoms with Crippen molar-refractivity contribution in [1.29, 1.82) is 0 Å². The van der Waals surface area contributed by atoms with E-state index in [0.29, 0.717) is 18.5 Å². The zero-order valence-corrected chi connectivity index (χ0v) is 16.0. The van der Waals surface area contributed by atoms with Crippen molar-refractivity contribution in [1.82, 2.24) is 5.32 Å². The van der Waals surface area contributed by atoms with Gasteiger partial charge < -0.3 is 15.4 Å². The maximum Gasteiger partial charge on any atom is 0.306 e. The molecular formula is C17H16ClN3O6S. The second-order valence-electron chi connectivity index (χ2n) is 5.50. The molecular weight excluding hydrogens is 410 g/mol. The number of esters is 1. The number of nitrogens with one attached hydrogen (secondary N) is 2. The molecule has 1 aromatic heterocycles. The Kier molecular flexibility index (Phi) is 7.90. The fourth-order valence-corrected chi connectivity index (χ4v) is 2.90. The molecule has 0 saturated carbocycles. The number of nitro groups is 1. The van der Waals surface area contributed by atoms with Gasteiger partial charge in [0, 0.05) is 35.7 Å². The number of nitrogens with zero attached hydrogens (tertiary/aromatic N) is 1. The second-order valence-corrected chi connectivity index (χ2v) is 6.69. The number of ether oxygens (including phenoxy) is 1. The molecule has 2 N–H and O–H groups in total. The van der Waals surface area contributed by atoms with E-state index in [-0.39, 0.29) is 28.7 Å². The number of anilines is 1. The number of rotatable bonds is 9. The Morgan fingerprint density at radius 2 is 2.04 bits per heavy atom. The van der Waals surface area contributed by atoms with Crippen LogP contribution in [0.4, 0.5) is 11.4 Å². The molecule has 2 amide bonds. The first-order valence-corrected chi connectivity index (χ1v) is 9.38. The molecule has 28 heavy (non-hydrogen) atoms. The lowest BCUT2D eigenvalue weighted by Crippen LogP contribution is -2.25. The van der Waals surface area contributed by atoms with Gasteiger partial charge in [-0.2, -0.15) is 11.3 Å². The number of amides is 2. The molecule has 0 saturated heterocycles. The summed E-state index contributed by atoms with van der Waals surface area (Å²) in [6.07, 6.45) is 0.392. The van der Waals surface area contributed by atoms with Gasteiger partial charge in [0.2, 0.25) is 0 Å². The van der Waals surface area contributed by atoms with E-state index in [1.807, 2.05) is 0 Å². The number of nitro benzene ring substituents is 1. The minimum absolute atomic E-state index is 0.0314. The molecule has 148 valence electrons. The van der Waals surface area contributed by atoms with Crippen molar-refractivity contribution in [2.75, 3.05) is 18.5 Å². The second kappa shape index (κ2) is 10.4. The predicted octanol–water partition coefficient (Wildman–Crippen LogP) is 3.00. The highest BCUT2D eigenvalue weighted by molar-refractivity contribution is 7.08. The Balaban J connectivity index is 1.67. The first-order valence-electron chi connectivity index (χ1n) is 8.06. The molecule has 1 heterocycles. The van der Waals surface area contributed by atoms with Crippen molar-refractivity contribution in [2.45, 2.75) is 12.8 Å². The fourth-order valence-electron chi connectivity index (χ4n) is 2.08. The highest BCUT2D eigenvalue weighted by atomic mass is 35.5. The molecule has 0 radical (unpaired) electrons. The highest BCUT2D eigenvalue weighted by Crippen LogP contribution is 2.27. The molecule has 0 spiro atoms. The summed E-state index contributed by atoms with van der Waals surface area (Å²) in [4.78, 5) is 45.3. The number of carbonyl (C=O) groups excluding carboxylic acids is 3. The lowest BCUT2D eigenvalue weighted by Gasteiger charge is -2.07. The third-order valence-corrected chi connectivity index (χ3v) is 4.42. The van der Waals surface area contributed by atoms with Gasteiger partial charge in [-0.15, -0.1) is 0 Å². The summed E-state index contributed by atoms with van der Waals surface area (Å²) in [7, 11) is 0. The number of benzene rings is 1. The van der Waals surface area contributed by atoms with Gasteiger partial charge >= 0.3 is 5.97 Å². The van der Waals surface area contributed by atoms with Crippen molar-refractivity contribution in [2.24, 2.45) is 0 Å². The van der Waals surface area contributed by atoms with E-state index in [4.69, 9.17) is 16.3 Å². The zero-order valence-electron chi connectivity index (χ0n) is 14.5. The van der Waals surface area contributed by atoms with Gasteiger partial charge in [0.15, 0.2) is 6.61 Å². The van der Waals surface area contributed by atoms with Gasteiger partial charge in [0.05, 0.1) is 4.92 Å². The first kappa shape index (κ1) is 21.3. The van der Waals surface area contributed by atoms with E-state index < -0.39 is 23.4 Å². The number of hydrogen-bond donors (Lipinski definition) is 2. The van der Waals surface area contributed by atoms with Crippen LogP contribution in [0.1, 0.15) is 23.2 Å². The first-order chi connectivity index (χ1) is 13.4. The fraction of sp³-hybridized carbons (Fsp3) is 0.235. The van der Waals surface area contributed by atoms with Crippen molar-refractivity contribution in [3.05, 3.63) is 55.7 Å². The van der Waals surface area contributed by atoms with E-state index in [9.17, 15) is 24.5 Å². The molecule has 0 unspecified atom stereocenters. The number of hydrogen-bond acceptors (Lipinski definition) is 7. The molecule has 2 aromatic rings. The Labute approximate surface area is 168 Å². The Bertz CT molecular complexity index is 872. The van der Waals surface area contributed by atoms with E-state index in [1.165, 1.54) is 23.5 Å². The van der Waals surface area contributed by atoms with Crippen LogP contribution in [0.25, 0.3) is 0 Å². The lowest BCUT2D eigenvalue weighted by atomic mass is 10.2. The Morgan fingerprint density at radius 3 is 2.71 bits per heavy atom. The van der Waals surface area contributed by atoms with Crippen LogP contribution >= 0.6 is 22.9 Å². The molecule has 0 atom stereocenters. The SMILES string of the molecule is O=C(COC(=O)CCCNC(=O)c1ccsc1)Nc1ccc(Cl)c([N+](=O)[O-])c1. The summed E-state index contributed by atoms with van der Waals surface area (Å²) >= 11 is 7.10. The summed E-state index contributed by atoms with van der Waals surface area (Å²) in [6.45, 7) is -0.235. The summed E-state index contributed by atoms with van der Waals surface area (Å²) in [5.74, 6) is -1.45. The standard InChI is InChI=1S/C17H16ClN3O6S/c18-13-4-3-12(8-14(13)21(25)26)20-15(22)9-27-16(23)2-1-6-19-17(24)11-5-7-28-10-11/h3-5,7-8,10H,1-2,6,9H2,(H,19,24)(H,20,22). The largest absolute Gasteiger partial charge is 0.456 e. The van der Waals surface area contributed by atoms with E-state index in [0.717, 1.165) is 6.07 Å². The predicted molar refractivity (Wildman–Crippen MR) is 104 cm³/mol. The minimum Gasteiger partial charge on any atom is -0.456 e. The van der Waals surface area contributed by atoms with Crippen molar-refractivity contribution in [3.8, 4) is 0 Å². The topological polar surface area (TPSA) is 128 Å². The van der Waals surface area contributed by atoms with Gasteiger partial charge in [-0.3, -0.25) is 24.5 Å². The minimum atomic E-state index is -0.671. The Hall–Kier alpha value is -2.98. The normalized spacial score (nSPS) is 10.2. The number of halogens is 1. The van der Waals surface area contributed by atoms with Crippen LogP contribution < -0.4 is 10.6 Å². The number of thiophene rings is 1. The third-order valence-electron chi connectivity index (χ3n) is 3.42. The average Bonchev–Trinajstić information content (AvgIpc) is 3.19. The molecule has 9 nitrogen and oxygen atoms in total. The lowest BCUT2D eigenvalue weighted by molar-refractivity contribution is -0.384. The molecule has 0 aliphatic heterocycles. The molecule has 0 aliphatic rings. The van der Waals surface area contributed by atoms with Crippen molar-refractivity contribution >= 4 is 52.1 Å². The number of carbonyl (C=O) groups is 3. The zero-order chi connectivity index (χ0) is 20.5. The molecule has 0 fully saturated rings. The highest BCUT2D eigenvalue weighted by Gasteiger charge is 2.14. The maximum absolute atomic E-state index is 11.8. The van der Waals surface area contributed by atoms with Gasteiger partial charge in [-0.25, -0.2) is 0 Å². The Morgan fingerprint density at radius 1 is 1.25 bits per heavy atom. The van der Waals surface area contributed by atoms with Gasteiger partial charge in [-0.1, -0.05) is 11.6 Å². The van der Waals surface area contributed by atoms with Crippen LogP contribution in [-0.4, -0.2) is 35.9 Å². The summed E-state index contributed by atoms with van der Waals surface area (Å²) < 4.78 is 4.83. The molecule has 0 bridgehead atoms. The smallest absolute Gasteiger partial charge is 0.306 e. The van der Waals surface area contributed by atoms with Gasteiger partial charge in [-0.05, 0) is 30.0 Å². The van der Waals surface area contributed by atoms with E-state index in [2.05, 4.69) is 10.6 Å². The summed E-state index contributed by atoms with van der Waals surface area (Å²) in [6, 6.07) is 5.48. The van der Waals surface area contributed by atoms with Gasteiger partial charge in [0.1, 0.15) is 5.02 Å². The molecule has 0 aliphatic carbocycles. The van der Waals surface area contributed by atoms with Crippen molar-refractivity contribution < 1.29 is 24.0 Å². The van der Waals surface area contributed by atoms with Crippen LogP contribution in [-0.2, 0) is 14.3 Å². The van der Waals surface area contributed by atoms with E-state index >= 15 is 0 Å². The average molecular weight is 426 g/mol. The summed E-state index contributed by atoms with van der Waals surface area (Å²) in [5, 5.41) is 19.3. The van der Waals surface area contributed by atoms with Crippen LogP contribution in [0.5, 0.6) is 0 Å². The van der Waals surface area contributed by atoms with Crippen LogP contribution in [0, 0.1) is 10.1 Å². The van der Waals surface area contributed by atoms with Crippen molar-refractivity contribution in [3.63, 3.8) is 0 Å². The van der Waals surface area contributed by atoms with E-state index in [1.54, 1.807) is 16.8 Å². The van der Waals surface area contributed by atoms with Crippen LogP contribution in [0.3, 0.4) is 0 Å². The maximum atomic E-state index is 11.8. The molecule has 2 rings (SSSR count). The van der Waals surface area contributed by atoms with Gasteiger partial charge in [0.25, 0.3) is 17.5 Å². The quantitative estimate of drug-likeness (QED) is 0.275. The molecule has 1 aromatic carbocycles. The molecule has 11 heteroatoms. The van der Waals surface area contributed by atoms with Crippen LogP contribution in [0.2, 0.25) is 5.02 Å². The third kappa shape index (κ3) is 6.63. The van der Waals surface area contributed by atoms with Crippen LogP contribution in [0.15, 0.2) is 35.0 Å². The monoisotopic (exact) mass is 425 g/mol. The summed E-state index contributed by atoms with van der Waals surface area (Å²) in [5.41, 5.74) is 0.376.